The van der Waals surface area contributed by atoms with Crippen LogP contribution in [0.15, 0.2) is 12.4 Å². The van der Waals surface area contributed by atoms with Gasteiger partial charge in [-0.1, -0.05) is 0 Å². The van der Waals surface area contributed by atoms with Crippen LogP contribution in [0.2, 0.25) is 0 Å². The van der Waals surface area contributed by atoms with E-state index in [-0.39, 0.29) is 24.8 Å². The summed E-state index contributed by atoms with van der Waals surface area (Å²) in [7, 11) is 0. The molecular weight excluding hydrogens is 266 g/mol. The maximum atomic E-state index is 12.5. The average molecular weight is 283 g/mol. The highest BCUT2D eigenvalue weighted by molar-refractivity contribution is 5.85. The molecule has 0 spiro atoms. The van der Waals surface area contributed by atoms with Crippen LogP contribution in [-0.2, 0) is 0 Å². The van der Waals surface area contributed by atoms with Crippen molar-refractivity contribution in [3.8, 4) is 0 Å². The van der Waals surface area contributed by atoms with Gasteiger partial charge in [-0.15, -0.1) is 24.8 Å². The molecule has 0 atom stereocenters. The molecule has 4 nitrogen and oxygen atoms in total. The maximum Gasteiger partial charge on any atom is 0.222 e. The molecule has 0 bridgehead atoms. The number of hydrogen-bond acceptors (Lipinski definition) is 4. The van der Waals surface area contributed by atoms with Crippen LogP contribution in [0.4, 0.5) is 10.3 Å². The van der Waals surface area contributed by atoms with Gasteiger partial charge in [-0.2, -0.15) is 0 Å². The Bertz CT molecular complexity index is 304. The third-order valence-electron chi connectivity index (χ3n) is 2.63. The average Bonchev–Trinajstić information content (AvgIpc) is 2.30. The van der Waals surface area contributed by atoms with E-state index in [1.165, 1.54) is 25.2 Å². The zero-order valence-electron chi connectivity index (χ0n) is 9.36. The maximum absolute atomic E-state index is 12.5. The Morgan fingerprint density at radius 2 is 1.82 bits per heavy atom. The van der Waals surface area contributed by atoms with Crippen molar-refractivity contribution in [3.05, 3.63) is 18.2 Å². The Balaban J connectivity index is 0.00000128. The SMILES string of the molecule is Cl.Cl.Fc1cnc(NCC2CCNCC2)nc1. The second kappa shape index (κ2) is 8.44. The van der Waals surface area contributed by atoms with Gasteiger partial charge in [0.1, 0.15) is 0 Å². The molecule has 1 aromatic rings. The first-order valence-electron chi connectivity index (χ1n) is 5.27. The summed E-state index contributed by atoms with van der Waals surface area (Å²) in [5.74, 6) is 0.775. The quantitative estimate of drug-likeness (QED) is 0.889. The van der Waals surface area contributed by atoms with Gasteiger partial charge >= 0.3 is 0 Å². The number of rotatable bonds is 3. The summed E-state index contributed by atoms with van der Waals surface area (Å²) in [5, 5.41) is 6.44. The zero-order chi connectivity index (χ0) is 10.5. The van der Waals surface area contributed by atoms with Crippen LogP contribution >= 0.6 is 24.8 Å². The third-order valence-corrected chi connectivity index (χ3v) is 2.63. The molecule has 1 aliphatic rings. The number of aromatic nitrogens is 2. The normalized spacial score (nSPS) is 15.6. The topological polar surface area (TPSA) is 49.8 Å². The number of piperidine rings is 1. The number of halogens is 3. The summed E-state index contributed by atoms with van der Waals surface area (Å²) in [6, 6.07) is 0. The van der Waals surface area contributed by atoms with Crippen molar-refractivity contribution >= 4 is 30.8 Å². The highest BCUT2D eigenvalue weighted by Crippen LogP contribution is 2.11. The molecule has 1 saturated heterocycles. The molecule has 0 amide bonds. The van der Waals surface area contributed by atoms with Crippen molar-refractivity contribution in [1.82, 2.24) is 15.3 Å². The van der Waals surface area contributed by atoms with E-state index in [9.17, 15) is 4.39 Å². The molecule has 0 radical (unpaired) electrons. The summed E-state index contributed by atoms with van der Waals surface area (Å²) < 4.78 is 12.5. The summed E-state index contributed by atoms with van der Waals surface area (Å²) in [6.45, 7) is 3.03. The Kier molecular flexibility index (Phi) is 8.12. The summed E-state index contributed by atoms with van der Waals surface area (Å²) in [5.41, 5.74) is 0. The molecule has 1 fully saturated rings. The smallest absolute Gasteiger partial charge is 0.222 e. The molecule has 2 heterocycles. The molecule has 1 aromatic heterocycles. The molecule has 2 rings (SSSR count). The first-order chi connectivity index (χ1) is 7.34. The second-order valence-corrected chi connectivity index (χ2v) is 3.80. The molecule has 98 valence electrons. The number of nitrogens with one attached hydrogen (secondary N) is 2. The molecule has 0 aliphatic carbocycles. The van der Waals surface area contributed by atoms with Gasteiger partial charge in [-0.25, -0.2) is 14.4 Å². The standard InChI is InChI=1S/C10H15FN4.2ClH/c11-9-6-14-10(15-7-9)13-5-8-1-3-12-4-2-8;;/h6-8,12H,1-5H2,(H,13,14,15);2*1H. The Morgan fingerprint density at radius 3 is 2.41 bits per heavy atom. The first kappa shape index (κ1) is 16.4. The van der Waals surface area contributed by atoms with Crippen LogP contribution in [0, 0.1) is 11.7 Å². The minimum absolute atomic E-state index is 0. The predicted molar refractivity (Wildman–Crippen MR) is 70.6 cm³/mol. The zero-order valence-corrected chi connectivity index (χ0v) is 11.0. The monoisotopic (exact) mass is 282 g/mol. The molecule has 7 heteroatoms. The Morgan fingerprint density at radius 1 is 1.24 bits per heavy atom. The summed E-state index contributed by atoms with van der Waals surface area (Å²) in [6.07, 6.45) is 4.71. The van der Waals surface area contributed by atoms with Crippen molar-refractivity contribution in [2.45, 2.75) is 12.8 Å². The molecule has 0 saturated carbocycles. The van der Waals surface area contributed by atoms with E-state index in [1.54, 1.807) is 0 Å². The van der Waals surface area contributed by atoms with Gasteiger partial charge in [0.25, 0.3) is 0 Å². The number of hydrogen-bond donors (Lipinski definition) is 2. The Hall–Kier alpha value is -0.650. The minimum atomic E-state index is -0.401. The van der Waals surface area contributed by atoms with Gasteiger partial charge in [0.15, 0.2) is 5.82 Å². The van der Waals surface area contributed by atoms with Crippen LogP contribution in [0.25, 0.3) is 0 Å². The van der Waals surface area contributed by atoms with E-state index < -0.39 is 5.82 Å². The van der Waals surface area contributed by atoms with E-state index in [0.717, 1.165) is 19.6 Å². The molecule has 2 N–H and O–H groups in total. The molecule has 1 aliphatic heterocycles. The lowest BCUT2D eigenvalue weighted by molar-refractivity contribution is 0.389. The van der Waals surface area contributed by atoms with E-state index >= 15 is 0 Å². The van der Waals surface area contributed by atoms with E-state index in [4.69, 9.17) is 0 Å². The second-order valence-electron chi connectivity index (χ2n) is 3.80. The fourth-order valence-corrected chi connectivity index (χ4v) is 1.73. The first-order valence-corrected chi connectivity index (χ1v) is 5.27. The lowest BCUT2D eigenvalue weighted by Gasteiger charge is -2.22. The van der Waals surface area contributed by atoms with Crippen LogP contribution in [0.5, 0.6) is 0 Å². The molecule has 0 unspecified atom stereocenters. The van der Waals surface area contributed by atoms with E-state index in [2.05, 4.69) is 20.6 Å². The fourth-order valence-electron chi connectivity index (χ4n) is 1.73. The minimum Gasteiger partial charge on any atom is -0.354 e. The third kappa shape index (κ3) is 5.48. The van der Waals surface area contributed by atoms with Crippen molar-refractivity contribution in [1.29, 1.82) is 0 Å². The summed E-state index contributed by atoms with van der Waals surface area (Å²) in [4.78, 5) is 7.70. The predicted octanol–water partition coefficient (Wildman–Crippen LogP) is 1.87. The van der Waals surface area contributed by atoms with E-state index in [0.29, 0.717) is 11.9 Å². The number of anilines is 1. The highest BCUT2D eigenvalue weighted by atomic mass is 35.5. The molecule has 17 heavy (non-hydrogen) atoms. The van der Waals surface area contributed by atoms with Crippen LogP contribution in [0.1, 0.15) is 12.8 Å². The van der Waals surface area contributed by atoms with Crippen LogP contribution in [-0.4, -0.2) is 29.6 Å². The summed E-state index contributed by atoms with van der Waals surface area (Å²) >= 11 is 0. The van der Waals surface area contributed by atoms with Gasteiger partial charge in [-0.3, -0.25) is 0 Å². The van der Waals surface area contributed by atoms with Gasteiger partial charge in [0, 0.05) is 6.54 Å². The van der Waals surface area contributed by atoms with Gasteiger partial charge < -0.3 is 10.6 Å². The molecule has 0 aromatic carbocycles. The van der Waals surface area contributed by atoms with Crippen molar-refractivity contribution in [2.75, 3.05) is 25.0 Å². The largest absolute Gasteiger partial charge is 0.354 e. The molecular formula is C10H17Cl2FN4. The van der Waals surface area contributed by atoms with Crippen LogP contribution in [0.3, 0.4) is 0 Å². The highest BCUT2D eigenvalue weighted by Gasteiger charge is 2.12. The van der Waals surface area contributed by atoms with Crippen molar-refractivity contribution < 1.29 is 4.39 Å². The van der Waals surface area contributed by atoms with E-state index in [1.807, 2.05) is 0 Å². The Labute approximate surface area is 113 Å². The van der Waals surface area contributed by atoms with Crippen LogP contribution < -0.4 is 10.6 Å². The van der Waals surface area contributed by atoms with Gasteiger partial charge in [0.2, 0.25) is 5.95 Å². The fraction of sp³-hybridized carbons (Fsp3) is 0.600. The number of nitrogens with zero attached hydrogens (tertiary/aromatic N) is 2. The van der Waals surface area contributed by atoms with Gasteiger partial charge in [0.05, 0.1) is 12.4 Å². The lowest BCUT2D eigenvalue weighted by Crippen LogP contribution is -2.31. The van der Waals surface area contributed by atoms with Crippen molar-refractivity contribution in [3.63, 3.8) is 0 Å². The van der Waals surface area contributed by atoms with Gasteiger partial charge in [-0.05, 0) is 31.8 Å². The van der Waals surface area contributed by atoms with Crippen molar-refractivity contribution in [2.24, 2.45) is 5.92 Å². The lowest BCUT2D eigenvalue weighted by atomic mass is 9.98.